The summed E-state index contributed by atoms with van der Waals surface area (Å²) < 4.78 is 13.9. The van der Waals surface area contributed by atoms with E-state index < -0.39 is 11.8 Å². The lowest BCUT2D eigenvalue weighted by Crippen LogP contribution is -2.47. The highest BCUT2D eigenvalue weighted by molar-refractivity contribution is 6.31. The molecule has 0 bridgehead atoms. The van der Waals surface area contributed by atoms with Crippen LogP contribution in [0.1, 0.15) is 41.9 Å². The SMILES string of the molecule is CC1CN2CCCC2C1c1nc(-c2ccc(F)c(Cl)c2)cc(N2CCN(c3ncc(C(=O)O)cn3)CC2)n1. The molecule has 11 heteroatoms. The number of hydrogen-bond donors (Lipinski definition) is 1. The summed E-state index contributed by atoms with van der Waals surface area (Å²) in [7, 11) is 0. The molecule has 3 aromatic rings. The molecular weight excluding hydrogens is 509 g/mol. The van der Waals surface area contributed by atoms with E-state index in [1.54, 1.807) is 12.1 Å². The number of halogens is 2. The Morgan fingerprint density at radius 2 is 1.79 bits per heavy atom. The van der Waals surface area contributed by atoms with Crippen LogP contribution in [0, 0.1) is 11.7 Å². The molecule has 3 saturated heterocycles. The molecule has 3 aliphatic rings. The first kappa shape index (κ1) is 24.9. The number of nitrogens with zero attached hydrogens (tertiary/aromatic N) is 7. The van der Waals surface area contributed by atoms with Gasteiger partial charge in [-0.05, 0) is 43.5 Å². The zero-order valence-electron chi connectivity index (χ0n) is 21.1. The maximum Gasteiger partial charge on any atom is 0.338 e. The highest BCUT2D eigenvalue weighted by Crippen LogP contribution is 2.42. The van der Waals surface area contributed by atoms with Gasteiger partial charge in [-0.1, -0.05) is 18.5 Å². The molecule has 3 fully saturated rings. The smallest absolute Gasteiger partial charge is 0.338 e. The lowest BCUT2D eigenvalue weighted by Gasteiger charge is -2.36. The van der Waals surface area contributed by atoms with Crippen molar-refractivity contribution in [3.8, 4) is 11.3 Å². The maximum absolute atomic E-state index is 13.9. The molecule has 6 rings (SSSR count). The van der Waals surface area contributed by atoms with E-state index in [1.807, 2.05) is 11.0 Å². The van der Waals surface area contributed by atoms with Gasteiger partial charge in [-0.2, -0.15) is 0 Å². The molecule has 38 heavy (non-hydrogen) atoms. The van der Waals surface area contributed by atoms with Gasteiger partial charge in [0.1, 0.15) is 17.5 Å². The standard InChI is InChI=1S/C27H29ClFN7O2/c1-16-15-36-6-2-3-22(36)24(16)25-32-21(17-4-5-20(29)19(28)11-17)12-23(33-25)34-7-9-35(10-8-34)27-30-13-18(14-31-27)26(37)38/h4-5,11-14,16,22,24H,2-3,6-10,15H2,1H3,(H,37,38). The highest BCUT2D eigenvalue weighted by atomic mass is 35.5. The first-order valence-corrected chi connectivity index (χ1v) is 13.4. The number of rotatable bonds is 5. The van der Waals surface area contributed by atoms with Crippen molar-refractivity contribution in [2.45, 2.75) is 31.7 Å². The molecule has 1 N–H and O–H groups in total. The van der Waals surface area contributed by atoms with Crippen molar-refractivity contribution in [3.05, 3.63) is 58.9 Å². The lowest BCUT2D eigenvalue weighted by molar-refractivity contribution is 0.0696. The van der Waals surface area contributed by atoms with Crippen LogP contribution in [0.2, 0.25) is 5.02 Å². The van der Waals surface area contributed by atoms with E-state index in [0.29, 0.717) is 44.1 Å². The van der Waals surface area contributed by atoms with Crippen LogP contribution >= 0.6 is 11.6 Å². The topological polar surface area (TPSA) is 98.6 Å². The van der Waals surface area contributed by atoms with Crippen molar-refractivity contribution < 1.29 is 14.3 Å². The van der Waals surface area contributed by atoms with E-state index in [4.69, 9.17) is 26.7 Å². The van der Waals surface area contributed by atoms with Gasteiger partial charge in [0.2, 0.25) is 5.95 Å². The van der Waals surface area contributed by atoms with Gasteiger partial charge < -0.3 is 14.9 Å². The van der Waals surface area contributed by atoms with E-state index in [2.05, 4.69) is 26.7 Å². The van der Waals surface area contributed by atoms with Crippen molar-refractivity contribution in [3.63, 3.8) is 0 Å². The summed E-state index contributed by atoms with van der Waals surface area (Å²) in [6, 6.07) is 7.14. The second-order valence-electron chi connectivity index (χ2n) is 10.4. The van der Waals surface area contributed by atoms with Crippen LogP contribution in [0.15, 0.2) is 36.7 Å². The number of benzene rings is 1. The van der Waals surface area contributed by atoms with Gasteiger partial charge in [-0.3, -0.25) is 4.90 Å². The lowest BCUT2D eigenvalue weighted by atomic mass is 9.89. The van der Waals surface area contributed by atoms with E-state index in [-0.39, 0.29) is 16.5 Å². The van der Waals surface area contributed by atoms with E-state index in [0.717, 1.165) is 42.4 Å². The molecule has 9 nitrogen and oxygen atoms in total. The summed E-state index contributed by atoms with van der Waals surface area (Å²) in [5.74, 6) is 1.39. The minimum absolute atomic E-state index is 0.0660. The van der Waals surface area contributed by atoms with Crippen LogP contribution in [-0.2, 0) is 0 Å². The monoisotopic (exact) mass is 537 g/mol. The molecule has 0 spiro atoms. The average Bonchev–Trinajstić information content (AvgIpc) is 3.50. The number of fused-ring (bicyclic) bond motifs is 1. The molecule has 198 valence electrons. The van der Waals surface area contributed by atoms with Gasteiger partial charge >= 0.3 is 5.97 Å². The number of hydrogen-bond acceptors (Lipinski definition) is 8. The largest absolute Gasteiger partial charge is 0.478 e. The molecule has 0 amide bonds. The maximum atomic E-state index is 13.9. The zero-order valence-corrected chi connectivity index (χ0v) is 21.9. The number of anilines is 2. The van der Waals surface area contributed by atoms with Crippen molar-refractivity contribution in [2.75, 3.05) is 49.1 Å². The number of aromatic carboxylic acids is 1. The average molecular weight is 538 g/mol. The Labute approximate surface area is 225 Å². The quantitative estimate of drug-likeness (QED) is 0.518. The molecule has 1 aromatic carbocycles. The fraction of sp³-hybridized carbons (Fsp3) is 0.444. The predicted molar refractivity (Wildman–Crippen MR) is 142 cm³/mol. The number of carboxylic acids is 1. The Bertz CT molecular complexity index is 1350. The Balaban J connectivity index is 1.29. The van der Waals surface area contributed by atoms with Gasteiger partial charge in [0.05, 0.1) is 16.3 Å². The normalized spacial score (nSPS) is 23.6. The Kier molecular flexibility index (Phi) is 6.61. The first-order valence-electron chi connectivity index (χ1n) is 13.0. The molecule has 0 saturated carbocycles. The fourth-order valence-electron chi connectivity index (χ4n) is 6.07. The molecular formula is C27H29ClFN7O2. The summed E-state index contributed by atoms with van der Waals surface area (Å²) in [6.07, 6.45) is 5.02. The van der Waals surface area contributed by atoms with Gasteiger partial charge in [0, 0.05) is 68.7 Å². The number of carboxylic acid groups (broad SMARTS) is 1. The van der Waals surface area contributed by atoms with E-state index in [1.165, 1.54) is 24.9 Å². The van der Waals surface area contributed by atoms with E-state index in [9.17, 15) is 9.18 Å². The molecule has 5 heterocycles. The van der Waals surface area contributed by atoms with Gasteiger partial charge in [0.15, 0.2) is 0 Å². The second kappa shape index (κ2) is 10.1. The summed E-state index contributed by atoms with van der Waals surface area (Å²) in [5, 5.41) is 9.18. The fourth-order valence-corrected chi connectivity index (χ4v) is 6.25. The second-order valence-corrected chi connectivity index (χ2v) is 10.8. The van der Waals surface area contributed by atoms with Gasteiger partial charge in [-0.25, -0.2) is 29.1 Å². The minimum Gasteiger partial charge on any atom is -0.478 e. The first-order chi connectivity index (χ1) is 18.4. The Morgan fingerprint density at radius 3 is 2.50 bits per heavy atom. The molecule has 0 aliphatic carbocycles. The number of piperazine rings is 1. The van der Waals surface area contributed by atoms with Crippen LogP contribution in [0.3, 0.4) is 0 Å². The van der Waals surface area contributed by atoms with Crippen molar-refractivity contribution >= 4 is 29.3 Å². The molecule has 3 aliphatic heterocycles. The predicted octanol–water partition coefficient (Wildman–Crippen LogP) is 3.95. The summed E-state index contributed by atoms with van der Waals surface area (Å²) >= 11 is 6.13. The molecule has 0 radical (unpaired) electrons. The third-order valence-corrected chi connectivity index (χ3v) is 8.27. The van der Waals surface area contributed by atoms with Gasteiger partial charge in [-0.15, -0.1) is 0 Å². The number of aromatic nitrogens is 4. The Morgan fingerprint density at radius 1 is 1.05 bits per heavy atom. The van der Waals surface area contributed by atoms with Crippen LogP contribution in [0.4, 0.5) is 16.2 Å². The minimum atomic E-state index is -1.04. The van der Waals surface area contributed by atoms with Crippen LogP contribution < -0.4 is 9.80 Å². The van der Waals surface area contributed by atoms with Gasteiger partial charge in [0.25, 0.3) is 0 Å². The zero-order chi connectivity index (χ0) is 26.4. The molecule has 3 atom stereocenters. The highest BCUT2D eigenvalue weighted by Gasteiger charge is 2.44. The summed E-state index contributed by atoms with van der Waals surface area (Å²) in [5.41, 5.74) is 1.57. The van der Waals surface area contributed by atoms with E-state index >= 15 is 0 Å². The third-order valence-electron chi connectivity index (χ3n) is 7.98. The molecule has 3 unspecified atom stereocenters. The summed E-state index contributed by atoms with van der Waals surface area (Å²) in [4.78, 5) is 36.6. The van der Waals surface area contributed by atoms with Crippen molar-refractivity contribution in [1.29, 1.82) is 0 Å². The van der Waals surface area contributed by atoms with Crippen molar-refractivity contribution in [2.24, 2.45) is 5.92 Å². The van der Waals surface area contributed by atoms with Crippen LogP contribution in [0.5, 0.6) is 0 Å². The molecule has 2 aromatic heterocycles. The van der Waals surface area contributed by atoms with Crippen LogP contribution in [-0.4, -0.2) is 81.2 Å². The third kappa shape index (κ3) is 4.67. The van der Waals surface area contributed by atoms with Crippen molar-refractivity contribution in [1.82, 2.24) is 24.8 Å². The Hall–Kier alpha value is -3.37. The number of carbonyl (C=O) groups is 1. The van der Waals surface area contributed by atoms with Crippen LogP contribution in [0.25, 0.3) is 11.3 Å². The summed E-state index contributed by atoms with van der Waals surface area (Å²) in [6.45, 7) is 7.18.